The van der Waals surface area contributed by atoms with E-state index >= 15 is 0 Å². The zero-order valence-corrected chi connectivity index (χ0v) is 10.7. The Kier molecular flexibility index (Phi) is 3.02. The minimum atomic E-state index is -1.45. The van der Waals surface area contributed by atoms with Crippen molar-refractivity contribution in [2.75, 3.05) is 4.90 Å². The number of nitriles is 1. The van der Waals surface area contributed by atoms with Crippen LogP contribution in [0.15, 0.2) is 18.2 Å². The number of nitrogens with zero attached hydrogens (tertiary/aromatic N) is 2. The third-order valence-electron chi connectivity index (χ3n) is 3.05. The second kappa shape index (κ2) is 4.42. The molecule has 7 heteroatoms. The first kappa shape index (κ1) is 13.7. The molecule has 0 aromatic heterocycles. The summed E-state index contributed by atoms with van der Waals surface area (Å²) in [6.07, 6.45) is 0. The molecule has 2 rings (SSSR count). The fourth-order valence-corrected chi connectivity index (χ4v) is 1.79. The van der Waals surface area contributed by atoms with E-state index in [0.717, 1.165) is 18.2 Å². The van der Waals surface area contributed by atoms with Crippen LogP contribution < -0.4 is 10.2 Å². The van der Waals surface area contributed by atoms with E-state index in [0.29, 0.717) is 4.90 Å². The standard InChI is InChI=1S/C13H10FN3O3/c1-13(2)10(18)16-12(20)17(11(13)19)9-4-3-8(14)5-7(9)6-15/h3-5H,1-2H3,(H,16,18,20). The molecule has 0 radical (unpaired) electrons. The van der Waals surface area contributed by atoms with Gasteiger partial charge in [-0.2, -0.15) is 5.26 Å². The fourth-order valence-electron chi connectivity index (χ4n) is 1.79. The summed E-state index contributed by atoms with van der Waals surface area (Å²) in [5.41, 5.74) is -1.68. The quantitative estimate of drug-likeness (QED) is 0.782. The number of barbiturate groups is 1. The summed E-state index contributed by atoms with van der Waals surface area (Å²) in [6, 6.07) is 3.85. The van der Waals surface area contributed by atoms with Gasteiger partial charge in [-0.1, -0.05) is 0 Å². The van der Waals surface area contributed by atoms with Crippen molar-refractivity contribution in [1.82, 2.24) is 5.32 Å². The van der Waals surface area contributed by atoms with E-state index in [-0.39, 0.29) is 11.3 Å². The summed E-state index contributed by atoms with van der Waals surface area (Å²) < 4.78 is 13.1. The number of anilines is 1. The molecule has 1 heterocycles. The molecule has 0 unspecified atom stereocenters. The Labute approximate surface area is 113 Å². The van der Waals surface area contributed by atoms with Gasteiger partial charge in [0, 0.05) is 0 Å². The topological polar surface area (TPSA) is 90.3 Å². The highest BCUT2D eigenvalue weighted by Crippen LogP contribution is 2.30. The van der Waals surface area contributed by atoms with Crippen molar-refractivity contribution >= 4 is 23.5 Å². The second-order valence-electron chi connectivity index (χ2n) is 4.80. The molecule has 0 saturated carbocycles. The minimum Gasteiger partial charge on any atom is -0.276 e. The van der Waals surface area contributed by atoms with Crippen LogP contribution in [0.2, 0.25) is 0 Å². The number of hydrogen-bond acceptors (Lipinski definition) is 4. The van der Waals surface area contributed by atoms with Crippen molar-refractivity contribution < 1.29 is 18.8 Å². The maximum atomic E-state index is 13.1. The number of nitrogens with one attached hydrogen (secondary N) is 1. The van der Waals surface area contributed by atoms with Crippen molar-refractivity contribution in [2.45, 2.75) is 13.8 Å². The van der Waals surface area contributed by atoms with Crippen molar-refractivity contribution in [1.29, 1.82) is 5.26 Å². The van der Waals surface area contributed by atoms with Crippen LogP contribution in [0.3, 0.4) is 0 Å². The van der Waals surface area contributed by atoms with E-state index in [2.05, 4.69) is 0 Å². The highest BCUT2D eigenvalue weighted by atomic mass is 19.1. The Morgan fingerprint density at radius 2 is 1.95 bits per heavy atom. The second-order valence-corrected chi connectivity index (χ2v) is 4.80. The monoisotopic (exact) mass is 275 g/mol. The van der Waals surface area contributed by atoms with E-state index in [4.69, 9.17) is 5.26 Å². The highest BCUT2D eigenvalue weighted by Gasteiger charge is 2.48. The first-order chi connectivity index (χ1) is 9.28. The van der Waals surface area contributed by atoms with Crippen molar-refractivity contribution in [3.8, 4) is 6.07 Å². The van der Waals surface area contributed by atoms with Gasteiger partial charge in [0.1, 0.15) is 17.3 Å². The number of halogens is 1. The molecule has 1 N–H and O–H groups in total. The third kappa shape index (κ3) is 1.91. The zero-order chi connectivity index (χ0) is 15.1. The predicted octanol–water partition coefficient (Wildman–Crippen LogP) is 1.31. The van der Waals surface area contributed by atoms with Crippen molar-refractivity contribution in [2.24, 2.45) is 5.41 Å². The number of imide groups is 2. The molecule has 102 valence electrons. The lowest BCUT2D eigenvalue weighted by atomic mass is 9.88. The number of urea groups is 1. The average Bonchev–Trinajstić information content (AvgIpc) is 2.38. The van der Waals surface area contributed by atoms with Crippen LogP contribution in [-0.4, -0.2) is 17.8 Å². The van der Waals surface area contributed by atoms with Crippen LogP contribution in [-0.2, 0) is 9.59 Å². The smallest absolute Gasteiger partial charge is 0.276 e. The zero-order valence-electron chi connectivity index (χ0n) is 10.7. The average molecular weight is 275 g/mol. The Morgan fingerprint density at radius 1 is 1.30 bits per heavy atom. The Bertz CT molecular complexity index is 676. The summed E-state index contributed by atoms with van der Waals surface area (Å²) in [5, 5.41) is 11.0. The largest absolute Gasteiger partial charge is 0.335 e. The van der Waals surface area contributed by atoms with E-state index in [9.17, 15) is 18.8 Å². The van der Waals surface area contributed by atoms with Gasteiger partial charge >= 0.3 is 6.03 Å². The van der Waals surface area contributed by atoms with Crippen LogP contribution in [0.4, 0.5) is 14.9 Å². The van der Waals surface area contributed by atoms with Crippen LogP contribution >= 0.6 is 0 Å². The molecule has 0 bridgehead atoms. The van der Waals surface area contributed by atoms with E-state index in [1.165, 1.54) is 13.8 Å². The van der Waals surface area contributed by atoms with Gasteiger partial charge < -0.3 is 0 Å². The Hall–Kier alpha value is -2.75. The summed E-state index contributed by atoms with van der Waals surface area (Å²) in [7, 11) is 0. The SMILES string of the molecule is CC1(C)C(=O)NC(=O)N(c2ccc(F)cc2C#N)C1=O. The van der Waals surface area contributed by atoms with Crippen molar-refractivity contribution in [3.63, 3.8) is 0 Å². The maximum absolute atomic E-state index is 13.1. The molecule has 0 spiro atoms. The van der Waals surface area contributed by atoms with Gasteiger partial charge in [0.25, 0.3) is 0 Å². The minimum absolute atomic E-state index is 0.0584. The van der Waals surface area contributed by atoms with Gasteiger partial charge in [0.05, 0.1) is 11.3 Å². The molecule has 0 atom stereocenters. The van der Waals surface area contributed by atoms with Crippen LogP contribution in [0, 0.1) is 22.6 Å². The molecule has 1 aliphatic rings. The summed E-state index contributed by atoms with van der Waals surface area (Å²) in [5.74, 6) is -2.15. The van der Waals surface area contributed by atoms with Crippen LogP contribution in [0.5, 0.6) is 0 Å². The van der Waals surface area contributed by atoms with E-state index < -0.39 is 29.1 Å². The van der Waals surface area contributed by atoms with Gasteiger partial charge in [0.15, 0.2) is 0 Å². The maximum Gasteiger partial charge on any atom is 0.335 e. The number of carbonyl (C=O) groups excluding carboxylic acids is 3. The molecule has 1 fully saturated rings. The van der Waals surface area contributed by atoms with E-state index in [1.54, 1.807) is 6.07 Å². The molecule has 1 aromatic rings. The van der Waals surface area contributed by atoms with Crippen LogP contribution in [0.25, 0.3) is 0 Å². The van der Waals surface area contributed by atoms with Gasteiger partial charge in [-0.25, -0.2) is 14.1 Å². The van der Waals surface area contributed by atoms with Crippen molar-refractivity contribution in [3.05, 3.63) is 29.6 Å². The molecule has 6 nitrogen and oxygen atoms in total. The van der Waals surface area contributed by atoms with Gasteiger partial charge in [-0.15, -0.1) is 0 Å². The first-order valence-corrected chi connectivity index (χ1v) is 5.68. The normalized spacial score (nSPS) is 17.7. The van der Waals surface area contributed by atoms with Gasteiger partial charge in [-0.05, 0) is 32.0 Å². The number of benzene rings is 1. The number of rotatable bonds is 1. The lowest BCUT2D eigenvalue weighted by Gasteiger charge is -2.34. The molecule has 1 saturated heterocycles. The fraction of sp³-hybridized carbons (Fsp3) is 0.231. The molecular formula is C13H10FN3O3. The summed E-state index contributed by atoms with van der Waals surface area (Å²) >= 11 is 0. The Balaban J connectivity index is 2.58. The molecule has 4 amide bonds. The third-order valence-corrected chi connectivity index (χ3v) is 3.05. The highest BCUT2D eigenvalue weighted by molar-refractivity contribution is 6.29. The predicted molar refractivity (Wildman–Crippen MR) is 65.9 cm³/mol. The lowest BCUT2D eigenvalue weighted by Crippen LogP contribution is -2.62. The van der Waals surface area contributed by atoms with Crippen LogP contribution in [0.1, 0.15) is 19.4 Å². The molecular weight excluding hydrogens is 265 g/mol. The molecule has 0 aliphatic carbocycles. The first-order valence-electron chi connectivity index (χ1n) is 5.68. The van der Waals surface area contributed by atoms with Gasteiger partial charge in [0.2, 0.25) is 11.8 Å². The molecule has 1 aliphatic heterocycles. The molecule has 1 aromatic carbocycles. The van der Waals surface area contributed by atoms with E-state index in [1.807, 2.05) is 5.32 Å². The number of hydrogen-bond donors (Lipinski definition) is 1. The number of carbonyl (C=O) groups is 3. The number of amides is 4. The summed E-state index contributed by atoms with van der Waals surface area (Å²) in [4.78, 5) is 36.4. The van der Waals surface area contributed by atoms with Gasteiger partial charge in [-0.3, -0.25) is 14.9 Å². The molecule has 20 heavy (non-hydrogen) atoms. The summed E-state index contributed by atoms with van der Waals surface area (Å²) in [6.45, 7) is 2.72. The lowest BCUT2D eigenvalue weighted by molar-refractivity contribution is -0.140. The Morgan fingerprint density at radius 3 is 2.55 bits per heavy atom.